The number of nitrogens with one attached hydrogen (secondary N) is 1. The van der Waals surface area contributed by atoms with Gasteiger partial charge in [-0.05, 0) is 31.5 Å². The number of ketones is 1. The standard InChI is InChI=1S/C15H14BrNO3/c1-3-20-15(19)13-9(2)12(8-17-13)14(18)10-5-4-6-11(16)7-10/h4-8,17H,3H2,1-2H3. The van der Waals surface area contributed by atoms with Gasteiger partial charge < -0.3 is 9.72 Å². The van der Waals surface area contributed by atoms with Crippen molar-refractivity contribution in [1.82, 2.24) is 4.98 Å². The van der Waals surface area contributed by atoms with Crippen molar-refractivity contribution in [2.75, 3.05) is 6.61 Å². The van der Waals surface area contributed by atoms with Crippen molar-refractivity contribution >= 4 is 27.7 Å². The van der Waals surface area contributed by atoms with E-state index in [-0.39, 0.29) is 5.78 Å². The van der Waals surface area contributed by atoms with E-state index in [0.717, 1.165) is 4.47 Å². The van der Waals surface area contributed by atoms with Gasteiger partial charge in [-0.25, -0.2) is 4.79 Å². The van der Waals surface area contributed by atoms with Crippen LogP contribution in [0.25, 0.3) is 0 Å². The molecular formula is C15H14BrNO3. The molecule has 20 heavy (non-hydrogen) atoms. The number of carbonyl (C=O) groups is 2. The van der Waals surface area contributed by atoms with Crippen molar-refractivity contribution < 1.29 is 14.3 Å². The Morgan fingerprint density at radius 2 is 2.10 bits per heavy atom. The normalized spacial score (nSPS) is 10.3. The highest BCUT2D eigenvalue weighted by molar-refractivity contribution is 9.10. The van der Waals surface area contributed by atoms with Crippen LogP contribution in [0.2, 0.25) is 0 Å². The third-order valence-electron chi connectivity index (χ3n) is 2.95. The molecule has 0 bridgehead atoms. The number of hydrogen-bond acceptors (Lipinski definition) is 3. The lowest BCUT2D eigenvalue weighted by atomic mass is 10.0. The first-order valence-corrected chi connectivity index (χ1v) is 6.99. The van der Waals surface area contributed by atoms with Gasteiger partial charge in [0.15, 0.2) is 5.78 Å². The monoisotopic (exact) mass is 335 g/mol. The highest BCUT2D eigenvalue weighted by Gasteiger charge is 2.20. The van der Waals surface area contributed by atoms with Gasteiger partial charge in [-0.2, -0.15) is 0 Å². The van der Waals surface area contributed by atoms with Gasteiger partial charge in [-0.3, -0.25) is 4.79 Å². The number of aromatic nitrogens is 1. The van der Waals surface area contributed by atoms with Crippen molar-refractivity contribution in [2.45, 2.75) is 13.8 Å². The fourth-order valence-corrected chi connectivity index (χ4v) is 2.33. The highest BCUT2D eigenvalue weighted by Crippen LogP contribution is 2.20. The van der Waals surface area contributed by atoms with E-state index in [2.05, 4.69) is 20.9 Å². The number of rotatable bonds is 4. The number of halogens is 1. The zero-order valence-electron chi connectivity index (χ0n) is 11.2. The predicted molar refractivity (Wildman–Crippen MR) is 79.1 cm³/mol. The minimum atomic E-state index is -0.446. The molecular weight excluding hydrogens is 322 g/mol. The van der Waals surface area contributed by atoms with Gasteiger partial charge in [0.25, 0.3) is 0 Å². The van der Waals surface area contributed by atoms with E-state index in [1.807, 2.05) is 6.07 Å². The van der Waals surface area contributed by atoms with E-state index in [1.54, 1.807) is 38.2 Å². The molecule has 0 atom stereocenters. The topological polar surface area (TPSA) is 59.2 Å². The molecule has 4 nitrogen and oxygen atoms in total. The third-order valence-corrected chi connectivity index (χ3v) is 3.44. The summed E-state index contributed by atoms with van der Waals surface area (Å²) in [5.41, 5.74) is 1.97. The summed E-state index contributed by atoms with van der Waals surface area (Å²) in [6.07, 6.45) is 1.55. The van der Waals surface area contributed by atoms with Crippen LogP contribution in [0.4, 0.5) is 0 Å². The van der Waals surface area contributed by atoms with Gasteiger partial charge in [0.1, 0.15) is 5.69 Å². The van der Waals surface area contributed by atoms with Gasteiger partial charge in [0.05, 0.1) is 6.61 Å². The summed E-state index contributed by atoms with van der Waals surface area (Å²) >= 11 is 3.34. The number of H-pyrrole nitrogens is 1. The van der Waals surface area contributed by atoms with E-state index in [4.69, 9.17) is 4.74 Å². The number of hydrogen-bond donors (Lipinski definition) is 1. The quantitative estimate of drug-likeness (QED) is 0.687. The van der Waals surface area contributed by atoms with Crippen LogP contribution < -0.4 is 0 Å². The lowest BCUT2D eigenvalue weighted by Gasteiger charge is -2.03. The number of carbonyl (C=O) groups excluding carboxylic acids is 2. The van der Waals surface area contributed by atoms with Crippen molar-refractivity contribution in [2.24, 2.45) is 0 Å². The van der Waals surface area contributed by atoms with Gasteiger partial charge in [0.2, 0.25) is 0 Å². The van der Waals surface area contributed by atoms with Crippen LogP contribution >= 0.6 is 15.9 Å². The number of esters is 1. The van der Waals surface area contributed by atoms with Gasteiger partial charge in [-0.1, -0.05) is 28.1 Å². The third kappa shape index (κ3) is 2.82. The Morgan fingerprint density at radius 3 is 2.75 bits per heavy atom. The number of ether oxygens (including phenoxy) is 1. The number of benzene rings is 1. The van der Waals surface area contributed by atoms with Crippen LogP contribution in [0, 0.1) is 6.92 Å². The molecule has 0 unspecified atom stereocenters. The van der Waals surface area contributed by atoms with Gasteiger partial charge in [0, 0.05) is 21.8 Å². The Balaban J connectivity index is 2.35. The molecule has 1 N–H and O–H groups in total. The Hall–Kier alpha value is -1.88. The second-order valence-electron chi connectivity index (χ2n) is 4.26. The molecule has 0 spiro atoms. The highest BCUT2D eigenvalue weighted by atomic mass is 79.9. The zero-order valence-corrected chi connectivity index (χ0v) is 12.8. The van der Waals surface area contributed by atoms with E-state index in [9.17, 15) is 9.59 Å². The molecule has 0 saturated heterocycles. The van der Waals surface area contributed by atoms with E-state index < -0.39 is 5.97 Å². The molecule has 0 aliphatic carbocycles. The summed E-state index contributed by atoms with van der Waals surface area (Å²) in [5.74, 6) is -0.575. The van der Waals surface area contributed by atoms with E-state index in [0.29, 0.717) is 29.0 Å². The molecule has 1 heterocycles. The fourth-order valence-electron chi connectivity index (χ4n) is 1.93. The second kappa shape index (κ2) is 6.05. The maximum absolute atomic E-state index is 12.4. The van der Waals surface area contributed by atoms with Crippen LogP contribution in [0.15, 0.2) is 34.9 Å². The molecule has 5 heteroatoms. The smallest absolute Gasteiger partial charge is 0.355 e. The fraction of sp³-hybridized carbons (Fsp3) is 0.200. The molecule has 1 aromatic carbocycles. The van der Waals surface area contributed by atoms with Crippen LogP contribution in [-0.4, -0.2) is 23.3 Å². The van der Waals surface area contributed by atoms with Crippen LogP contribution in [0.1, 0.15) is 38.9 Å². The lowest BCUT2D eigenvalue weighted by Crippen LogP contribution is -2.08. The van der Waals surface area contributed by atoms with Gasteiger partial charge in [-0.15, -0.1) is 0 Å². The molecule has 0 amide bonds. The molecule has 2 rings (SSSR count). The lowest BCUT2D eigenvalue weighted by molar-refractivity contribution is 0.0519. The van der Waals surface area contributed by atoms with E-state index in [1.165, 1.54) is 0 Å². The first kappa shape index (κ1) is 14.5. The summed E-state index contributed by atoms with van der Waals surface area (Å²) in [6.45, 7) is 3.77. The minimum Gasteiger partial charge on any atom is -0.461 e. The molecule has 0 aliphatic heterocycles. The first-order chi connectivity index (χ1) is 9.54. The van der Waals surface area contributed by atoms with Gasteiger partial charge >= 0.3 is 5.97 Å². The summed E-state index contributed by atoms with van der Waals surface area (Å²) in [7, 11) is 0. The minimum absolute atomic E-state index is 0.129. The van der Waals surface area contributed by atoms with E-state index >= 15 is 0 Å². The van der Waals surface area contributed by atoms with Crippen LogP contribution in [0.5, 0.6) is 0 Å². The second-order valence-corrected chi connectivity index (χ2v) is 5.18. The summed E-state index contributed by atoms with van der Waals surface area (Å²) < 4.78 is 5.77. The average Bonchev–Trinajstić information content (AvgIpc) is 2.80. The zero-order chi connectivity index (χ0) is 14.7. The Kier molecular flexibility index (Phi) is 4.39. The molecule has 0 aliphatic rings. The van der Waals surface area contributed by atoms with Crippen molar-refractivity contribution in [3.05, 3.63) is 57.3 Å². The SMILES string of the molecule is CCOC(=O)c1[nH]cc(C(=O)c2cccc(Br)c2)c1C. The van der Waals surface area contributed by atoms with Crippen LogP contribution in [-0.2, 0) is 4.74 Å². The molecule has 0 fully saturated rings. The summed E-state index contributed by atoms with van der Waals surface area (Å²) in [5, 5.41) is 0. The average molecular weight is 336 g/mol. The Bertz CT molecular complexity index is 661. The van der Waals surface area contributed by atoms with Crippen molar-refractivity contribution in [3.63, 3.8) is 0 Å². The number of aromatic amines is 1. The Morgan fingerprint density at radius 1 is 1.35 bits per heavy atom. The molecule has 104 valence electrons. The predicted octanol–water partition coefficient (Wildman–Crippen LogP) is 3.49. The van der Waals surface area contributed by atoms with Crippen molar-refractivity contribution in [3.8, 4) is 0 Å². The molecule has 0 saturated carbocycles. The molecule has 0 radical (unpaired) electrons. The molecule has 1 aromatic heterocycles. The van der Waals surface area contributed by atoms with Crippen molar-refractivity contribution in [1.29, 1.82) is 0 Å². The van der Waals surface area contributed by atoms with Crippen LogP contribution in [0.3, 0.4) is 0 Å². The summed E-state index contributed by atoms with van der Waals surface area (Å²) in [6, 6.07) is 7.14. The largest absolute Gasteiger partial charge is 0.461 e. The Labute approximate surface area is 125 Å². The summed E-state index contributed by atoms with van der Waals surface area (Å²) in [4.78, 5) is 27.0. The first-order valence-electron chi connectivity index (χ1n) is 6.20. The molecule has 2 aromatic rings. The maximum Gasteiger partial charge on any atom is 0.355 e. The maximum atomic E-state index is 12.4.